The maximum atomic E-state index is 12.9. The second kappa shape index (κ2) is 7.40. The average Bonchev–Trinajstić information content (AvgIpc) is 3.19. The number of hydrogen-bond acceptors (Lipinski definition) is 3. The van der Waals surface area contributed by atoms with Crippen molar-refractivity contribution in [3.63, 3.8) is 0 Å². The van der Waals surface area contributed by atoms with Gasteiger partial charge in [-0.3, -0.25) is 9.48 Å². The van der Waals surface area contributed by atoms with Gasteiger partial charge in [-0.1, -0.05) is 24.3 Å². The topological polar surface area (TPSA) is 41.4 Å². The number of hydrogen-bond donors (Lipinski definition) is 0. The third kappa shape index (κ3) is 3.76. The highest BCUT2D eigenvalue weighted by Gasteiger charge is 2.30. The zero-order chi connectivity index (χ0) is 17.1. The lowest BCUT2D eigenvalue weighted by Gasteiger charge is -2.36. The standard InChI is InChI=1S/C20H26N4O/c25-20(23-13-8-17-4-1-2-5-19(17)16-23)18-6-11-22(12-7-18)14-15-24-10-3-9-21-24/h1-5,9-10,18H,6-8,11-16H2. The van der Waals surface area contributed by atoms with E-state index >= 15 is 0 Å². The number of rotatable bonds is 4. The van der Waals surface area contributed by atoms with Crippen molar-refractivity contribution in [1.29, 1.82) is 0 Å². The Hall–Kier alpha value is -2.14. The quantitative estimate of drug-likeness (QED) is 0.858. The highest BCUT2D eigenvalue weighted by molar-refractivity contribution is 5.79. The minimum absolute atomic E-state index is 0.200. The lowest BCUT2D eigenvalue weighted by atomic mass is 9.93. The molecule has 0 atom stereocenters. The molecule has 5 nitrogen and oxygen atoms in total. The summed E-state index contributed by atoms with van der Waals surface area (Å²) in [4.78, 5) is 17.4. The molecule has 2 aliphatic heterocycles. The molecule has 5 heteroatoms. The molecule has 4 rings (SSSR count). The second-order valence-electron chi connectivity index (χ2n) is 7.16. The fourth-order valence-corrected chi connectivity index (χ4v) is 4.02. The van der Waals surface area contributed by atoms with Gasteiger partial charge in [0.05, 0.1) is 6.54 Å². The molecule has 1 saturated heterocycles. The van der Waals surface area contributed by atoms with Gasteiger partial charge in [-0.2, -0.15) is 5.10 Å². The maximum absolute atomic E-state index is 12.9. The van der Waals surface area contributed by atoms with Crippen LogP contribution in [0.1, 0.15) is 24.0 Å². The zero-order valence-corrected chi connectivity index (χ0v) is 14.7. The minimum Gasteiger partial charge on any atom is -0.338 e. The fourth-order valence-electron chi connectivity index (χ4n) is 4.02. The lowest BCUT2D eigenvalue weighted by molar-refractivity contribution is -0.138. The van der Waals surface area contributed by atoms with Crippen molar-refractivity contribution < 1.29 is 4.79 Å². The number of aromatic nitrogens is 2. The third-order valence-electron chi connectivity index (χ3n) is 5.58. The Morgan fingerprint density at radius 2 is 1.84 bits per heavy atom. The average molecular weight is 338 g/mol. The summed E-state index contributed by atoms with van der Waals surface area (Å²) in [7, 11) is 0. The first-order valence-electron chi connectivity index (χ1n) is 9.35. The molecule has 0 aliphatic carbocycles. The summed E-state index contributed by atoms with van der Waals surface area (Å²) in [5.41, 5.74) is 2.72. The number of amides is 1. The van der Waals surface area contributed by atoms with Crippen molar-refractivity contribution in [2.75, 3.05) is 26.2 Å². The fraction of sp³-hybridized carbons (Fsp3) is 0.500. The normalized spacial score (nSPS) is 19.0. The van der Waals surface area contributed by atoms with Crippen LogP contribution < -0.4 is 0 Å². The number of likely N-dealkylation sites (tertiary alicyclic amines) is 1. The number of fused-ring (bicyclic) bond motifs is 1. The summed E-state index contributed by atoms with van der Waals surface area (Å²) in [5, 5.41) is 4.25. The molecule has 0 unspecified atom stereocenters. The van der Waals surface area contributed by atoms with Crippen LogP contribution in [0.5, 0.6) is 0 Å². The van der Waals surface area contributed by atoms with Crippen molar-refractivity contribution >= 4 is 5.91 Å². The zero-order valence-electron chi connectivity index (χ0n) is 14.7. The van der Waals surface area contributed by atoms with Gasteiger partial charge < -0.3 is 9.80 Å². The van der Waals surface area contributed by atoms with Crippen LogP contribution in [-0.2, 0) is 24.3 Å². The van der Waals surface area contributed by atoms with Crippen LogP contribution in [0.15, 0.2) is 42.7 Å². The molecule has 0 saturated carbocycles. The molecule has 25 heavy (non-hydrogen) atoms. The number of carbonyl (C=O) groups is 1. The summed E-state index contributed by atoms with van der Waals surface area (Å²) in [6, 6.07) is 10.5. The van der Waals surface area contributed by atoms with Gasteiger partial charge in [-0.25, -0.2) is 0 Å². The summed E-state index contributed by atoms with van der Waals surface area (Å²) < 4.78 is 1.97. The molecule has 0 bridgehead atoms. The van der Waals surface area contributed by atoms with Crippen molar-refractivity contribution in [3.05, 3.63) is 53.9 Å². The van der Waals surface area contributed by atoms with Gasteiger partial charge in [0.15, 0.2) is 0 Å². The van der Waals surface area contributed by atoms with E-state index in [2.05, 4.69) is 39.2 Å². The van der Waals surface area contributed by atoms with E-state index in [1.54, 1.807) is 0 Å². The van der Waals surface area contributed by atoms with E-state index in [-0.39, 0.29) is 5.92 Å². The first kappa shape index (κ1) is 16.3. The van der Waals surface area contributed by atoms with E-state index < -0.39 is 0 Å². The van der Waals surface area contributed by atoms with E-state index in [9.17, 15) is 4.79 Å². The molecule has 0 spiro atoms. The highest BCUT2D eigenvalue weighted by Crippen LogP contribution is 2.24. The highest BCUT2D eigenvalue weighted by atomic mass is 16.2. The van der Waals surface area contributed by atoms with Gasteiger partial charge in [0, 0.05) is 37.9 Å². The van der Waals surface area contributed by atoms with E-state index in [0.29, 0.717) is 5.91 Å². The van der Waals surface area contributed by atoms with Gasteiger partial charge in [-0.05, 0) is 49.5 Å². The molecule has 0 N–H and O–H groups in total. The summed E-state index contributed by atoms with van der Waals surface area (Å²) in [5.74, 6) is 0.562. The molecule has 1 aromatic heterocycles. The Morgan fingerprint density at radius 1 is 1.04 bits per heavy atom. The van der Waals surface area contributed by atoms with Gasteiger partial charge in [-0.15, -0.1) is 0 Å². The second-order valence-corrected chi connectivity index (χ2v) is 7.16. The van der Waals surface area contributed by atoms with Crippen LogP contribution >= 0.6 is 0 Å². The Balaban J connectivity index is 1.27. The molecule has 2 aliphatic rings. The SMILES string of the molecule is O=C(C1CCN(CCn2cccn2)CC1)N1CCc2ccccc2C1. The van der Waals surface area contributed by atoms with Crippen LogP contribution in [0, 0.1) is 5.92 Å². The van der Waals surface area contributed by atoms with Crippen molar-refractivity contribution in [2.45, 2.75) is 32.4 Å². The number of carbonyl (C=O) groups excluding carboxylic acids is 1. The summed E-state index contributed by atoms with van der Waals surface area (Å²) >= 11 is 0. The van der Waals surface area contributed by atoms with Crippen molar-refractivity contribution in [1.82, 2.24) is 19.6 Å². The van der Waals surface area contributed by atoms with Crippen LogP contribution in [0.2, 0.25) is 0 Å². The first-order valence-corrected chi connectivity index (χ1v) is 9.35. The first-order chi connectivity index (χ1) is 12.3. The molecule has 0 radical (unpaired) electrons. The Morgan fingerprint density at radius 3 is 2.60 bits per heavy atom. The molecule has 2 aromatic rings. The molecular formula is C20H26N4O. The third-order valence-corrected chi connectivity index (χ3v) is 5.58. The number of benzene rings is 1. The van der Waals surface area contributed by atoms with Gasteiger partial charge >= 0.3 is 0 Å². The number of piperidine rings is 1. The predicted molar refractivity (Wildman–Crippen MR) is 97.0 cm³/mol. The summed E-state index contributed by atoms with van der Waals surface area (Å²) in [6.07, 6.45) is 6.78. The molecular weight excluding hydrogens is 312 g/mol. The Bertz CT molecular complexity index is 704. The van der Waals surface area contributed by atoms with Gasteiger partial charge in [0.1, 0.15) is 0 Å². The van der Waals surface area contributed by atoms with Crippen molar-refractivity contribution in [3.8, 4) is 0 Å². The smallest absolute Gasteiger partial charge is 0.226 e. The van der Waals surface area contributed by atoms with Crippen LogP contribution in [-0.4, -0.2) is 51.7 Å². The Kier molecular flexibility index (Phi) is 4.83. The minimum atomic E-state index is 0.200. The van der Waals surface area contributed by atoms with Crippen molar-refractivity contribution in [2.24, 2.45) is 5.92 Å². The van der Waals surface area contributed by atoms with Gasteiger partial charge in [0.25, 0.3) is 0 Å². The molecule has 1 aromatic carbocycles. The van der Waals surface area contributed by atoms with E-state index in [1.165, 1.54) is 11.1 Å². The van der Waals surface area contributed by atoms with Crippen LogP contribution in [0.4, 0.5) is 0 Å². The predicted octanol–water partition coefficient (Wildman–Crippen LogP) is 2.18. The molecule has 1 amide bonds. The Labute approximate surface area is 149 Å². The van der Waals surface area contributed by atoms with Crippen LogP contribution in [0.3, 0.4) is 0 Å². The largest absolute Gasteiger partial charge is 0.338 e. The van der Waals surface area contributed by atoms with E-state index in [0.717, 1.165) is 58.5 Å². The van der Waals surface area contributed by atoms with E-state index in [1.807, 2.05) is 23.1 Å². The van der Waals surface area contributed by atoms with Gasteiger partial charge in [0.2, 0.25) is 5.91 Å². The molecule has 1 fully saturated rings. The molecule has 3 heterocycles. The number of nitrogens with zero attached hydrogens (tertiary/aromatic N) is 4. The van der Waals surface area contributed by atoms with Crippen LogP contribution in [0.25, 0.3) is 0 Å². The van der Waals surface area contributed by atoms with E-state index in [4.69, 9.17) is 0 Å². The molecule has 132 valence electrons. The monoisotopic (exact) mass is 338 g/mol. The lowest BCUT2D eigenvalue weighted by Crippen LogP contribution is -2.44. The summed E-state index contributed by atoms with van der Waals surface area (Å²) in [6.45, 7) is 5.63. The maximum Gasteiger partial charge on any atom is 0.226 e.